The molecule has 0 spiro atoms. The Bertz CT molecular complexity index is 1430. The van der Waals surface area contributed by atoms with Crippen molar-refractivity contribution in [2.45, 2.75) is 25.7 Å². The van der Waals surface area contributed by atoms with Crippen molar-refractivity contribution in [1.29, 1.82) is 0 Å². The van der Waals surface area contributed by atoms with Gasteiger partial charge in [0, 0.05) is 0 Å². The third-order valence-corrected chi connectivity index (χ3v) is 22.7. The van der Waals surface area contributed by atoms with Crippen molar-refractivity contribution >= 4 is 56.6 Å². The Kier molecular flexibility index (Phi) is 28.5. The molecule has 0 saturated carbocycles. The molecule has 4 aliphatic rings. The average molecular weight is 1050 g/mol. The molecule has 0 bridgehead atoms. The van der Waals surface area contributed by atoms with Gasteiger partial charge in [0.05, 0.1) is 0 Å². The summed E-state index contributed by atoms with van der Waals surface area (Å²) >= 11 is 2.53. The first-order chi connectivity index (χ1) is 23.8. The molecule has 4 aliphatic carbocycles. The van der Waals surface area contributed by atoms with Gasteiger partial charge >= 0.3 is 199 Å². The van der Waals surface area contributed by atoms with Crippen molar-refractivity contribution in [2.75, 3.05) is 0 Å². The van der Waals surface area contributed by atoms with Gasteiger partial charge in [-0.25, -0.2) is 48.6 Å². The molecule has 0 nitrogen and oxygen atoms in total. The Morgan fingerprint density at radius 1 is 0.340 bits per heavy atom. The minimum atomic E-state index is -0.406. The number of hydrogen-bond donors (Lipinski definition) is 0. The topological polar surface area (TPSA) is 0 Å². The molecule has 4 aromatic carbocycles. The van der Waals surface area contributed by atoms with Crippen LogP contribution in [-0.4, -0.2) is 11.0 Å². The summed E-state index contributed by atoms with van der Waals surface area (Å²) in [6.45, 7) is 0. The van der Waals surface area contributed by atoms with Crippen LogP contribution >= 0.6 is 24.8 Å². The van der Waals surface area contributed by atoms with Gasteiger partial charge in [-0.3, -0.25) is 24.3 Å². The zero-order valence-electron chi connectivity index (χ0n) is 28.1. The van der Waals surface area contributed by atoms with Crippen LogP contribution in [0.15, 0.2) is 194 Å². The second kappa shape index (κ2) is 31.3. The van der Waals surface area contributed by atoms with Crippen LogP contribution in [0.3, 0.4) is 0 Å². The van der Waals surface area contributed by atoms with E-state index in [1.54, 1.807) is 0 Å². The molecule has 0 radical (unpaired) electrons. The molecule has 0 aromatic heterocycles. The Balaban J connectivity index is 0.000000319. The van der Waals surface area contributed by atoms with Gasteiger partial charge in [-0.15, -0.1) is 50.5 Å². The molecular formula is C44H42Cl2Hf2Si2. The van der Waals surface area contributed by atoms with Crippen LogP contribution in [0.2, 0.25) is 0 Å². The number of hydrogen-bond acceptors (Lipinski definition) is 0. The molecule has 0 fully saturated rings. The van der Waals surface area contributed by atoms with Crippen molar-refractivity contribution in [3.63, 3.8) is 0 Å². The Morgan fingerprint density at radius 3 is 0.660 bits per heavy atom. The average Bonchev–Trinajstić information content (AvgIpc) is 4.03. The van der Waals surface area contributed by atoms with E-state index in [9.17, 15) is 0 Å². The van der Waals surface area contributed by atoms with E-state index in [2.05, 4.69) is 170 Å². The molecule has 0 heterocycles. The van der Waals surface area contributed by atoms with E-state index >= 15 is 0 Å². The van der Waals surface area contributed by atoms with Gasteiger partial charge < -0.3 is 0 Å². The Hall–Kier alpha value is -2.45. The molecule has 0 N–H and O–H groups in total. The summed E-state index contributed by atoms with van der Waals surface area (Å²) in [6, 6.07) is 43.5. The monoisotopic (exact) mass is 1060 g/mol. The number of allylic oxidation sites excluding steroid dienone is 16. The van der Waals surface area contributed by atoms with Crippen LogP contribution < -0.4 is 20.7 Å². The number of benzene rings is 4. The van der Waals surface area contributed by atoms with Crippen LogP contribution in [0, 0.1) is 24.3 Å². The summed E-state index contributed by atoms with van der Waals surface area (Å²) in [5, 5.41) is 6.15. The fourth-order valence-corrected chi connectivity index (χ4v) is 14.1. The van der Waals surface area contributed by atoms with E-state index in [0.717, 1.165) is 25.7 Å². The zero-order chi connectivity index (χ0) is 33.7. The van der Waals surface area contributed by atoms with Gasteiger partial charge in [-0.05, 0) is 0 Å². The van der Waals surface area contributed by atoms with E-state index in [0.29, 0.717) is 0 Å². The summed E-state index contributed by atoms with van der Waals surface area (Å²) in [5.41, 5.74) is -0.812. The van der Waals surface area contributed by atoms with Crippen molar-refractivity contribution in [2.24, 2.45) is 0 Å². The molecule has 0 atom stereocenters. The Morgan fingerprint density at radius 2 is 0.540 bits per heavy atom. The first-order valence-electron chi connectivity index (χ1n) is 16.0. The van der Waals surface area contributed by atoms with E-state index in [4.69, 9.17) is 0 Å². The molecule has 6 heteroatoms. The second-order valence-corrected chi connectivity index (χ2v) is 24.8. The molecule has 0 aliphatic heterocycles. The van der Waals surface area contributed by atoms with Crippen LogP contribution in [0.5, 0.6) is 0 Å². The van der Waals surface area contributed by atoms with Gasteiger partial charge in [0.2, 0.25) is 0 Å². The molecular weight excluding hydrogens is 1010 g/mol. The molecule has 0 unspecified atom stereocenters. The van der Waals surface area contributed by atoms with Crippen LogP contribution in [0.1, 0.15) is 25.7 Å². The Labute approximate surface area is 343 Å². The van der Waals surface area contributed by atoms with Gasteiger partial charge in [0.1, 0.15) is 0 Å². The molecule has 0 amide bonds. The minimum absolute atomic E-state index is 0. The third kappa shape index (κ3) is 21.0. The fourth-order valence-electron chi connectivity index (χ4n) is 4.11. The van der Waals surface area contributed by atoms with Crippen LogP contribution in [0.4, 0.5) is 0 Å². The van der Waals surface area contributed by atoms with Gasteiger partial charge in [0.15, 0.2) is 0 Å². The molecule has 0 saturated heterocycles. The summed E-state index contributed by atoms with van der Waals surface area (Å²) in [4.78, 5) is 0. The van der Waals surface area contributed by atoms with E-state index in [-0.39, 0.29) is 24.8 Å². The fraction of sp³-hybridized carbons (Fsp3) is 0.0909. The van der Waals surface area contributed by atoms with Crippen molar-refractivity contribution in [1.82, 2.24) is 0 Å². The summed E-state index contributed by atoms with van der Waals surface area (Å²) < 4.78 is 0. The number of halogens is 2. The maximum absolute atomic E-state index is 2.99. The van der Waals surface area contributed by atoms with E-state index in [1.165, 1.54) is 66.7 Å². The maximum atomic E-state index is 2.99. The first kappa shape index (κ1) is 45.6. The molecule has 248 valence electrons. The van der Waals surface area contributed by atoms with Gasteiger partial charge in [-0.2, -0.15) is 24.3 Å². The van der Waals surface area contributed by atoms with Crippen LogP contribution in [0.25, 0.3) is 0 Å². The quantitative estimate of drug-likeness (QED) is 0.142. The molecule has 8 rings (SSSR count). The zero-order valence-corrected chi connectivity index (χ0v) is 38.9. The van der Waals surface area contributed by atoms with Crippen molar-refractivity contribution < 1.29 is 46.0 Å². The first-order valence-corrected chi connectivity index (χ1v) is 29.8. The van der Waals surface area contributed by atoms with Gasteiger partial charge in [-0.1, -0.05) is 0 Å². The predicted molar refractivity (Wildman–Crippen MR) is 217 cm³/mol. The predicted octanol–water partition coefficient (Wildman–Crippen LogP) is 8.74. The van der Waals surface area contributed by atoms with Crippen molar-refractivity contribution in [3.05, 3.63) is 219 Å². The standard InChI is InChI=1S/2C12H10Si.4C5H5.2ClH.2Hf/c2*1-3-7-11(8-4-1)13-12-9-5-2-6-10-12;4*1-2-4-5-3-1;;;;/h2*1-10H;4*1-3H,4H2;2*1H;;/q;;4*-1;;;2*+2. The summed E-state index contributed by atoms with van der Waals surface area (Å²) in [7, 11) is 0. The third-order valence-electron chi connectivity index (χ3n) is 6.59. The van der Waals surface area contributed by atoms with E-state index < -0.39 is 11.0 Å². The normalized spacial score (nSPS) is 12.6. The second-order valence-electron chi connectivity index (χ2n) is 10.2. The SMILES string of the molecule is Cl.Cl.[C-]1=CC=CC1.[C-]1=CC=CC1.[C-]1=CC=CC1.[C-]1=CC=CC1.[Hf+2]=[Si](c1ccccc1)c1ccccc1.[Hf+2]=[Si](c1ccccc1)c1ccccc1. The summed E-state index contributed by atoms with van der Waals surface area (Å²) in [5.74, 6) is 0. The molecule has 50 heavy (non-hydrogen) atoms. The summed E-state index contributed by atoms with van der Waals surface area (Å²) in [6.07, 6.45) is 40.0. The number of rotatable bonds is 4. The van der Waals surface area contributed by atoms with Gasteiger partial charge in [0.25, 0.3) is 0 Å². The van der Waals surface area contributed by atoms with Crippen LogP contribution in [-0.2, 0) is 46.0 Å². The van der Waals surface area contributed by atoms with Crippen molar-refractivity contribution in [3.8, 4) is 0 Å². The van der Waals surface area contributed by atoms with E-state index in [1.807, 2.05) is 48.6 Å². The molecule has 4 aromatic rings.